The summed E-state index contributed by atoms with van der Waals surface area (Å²) >= 11 is 0. The number of hydrogen-bond donors (Lipinski definition) is 3. The van der Waals surface area contributed by atoms with E-state index >= 15 is 0 Å². The van der Waals surface area contributed by atoms with Gasteiger partial charge in [0, 0.05) is 19.2 Å². The Morgan fingerprint density at radius 3 is 2.31 bits per heavy atom. The van der Waals surface area contributed by atoms with Gasteiger partial charge in [0.05, 0.1) is 18.9 Å². The van der Waals surface area contributed by atoms with E-state index in [1.165, 1.54) is 5.56 Å². The van der Waals surface area contributed by atoms with Crippen molar-refractivity contribution in [3.05, 3.63) is 35.4 Å². The predicted octanol–water partition coefficient (Wildman–Crippen LogP) is 1.30. The molecule has 1 rings (SSSR count). The summed E-state index contributed by atoms with van der Waals surface area (Å²) in [5.41, 5.74) is 8.20. The Kier molecular flexibility index (Phi) is 11.7. The van der Waals surface area contributed by atoms with Crippen LogP contribution in [0.15, 0.2) is 24.3 Å². The SMILES string of the molecule is CCOCCS(=O)(=O)NCC(=O)NCC(N)c1ccc(C(C)C)cc1.Cl. The molecule has 7 nitrogen and oxygen atoms in total. The molecular weight excluding hydrogens is 378 g/mol. The van der Waals surface area contributed by atoms with Crippen LogP contribution in [0.2, 0.25) is 0 Å². The first-order chi connectivity index (χ1) is 11.7. The summed E-state index contributed by atoms with van der Waals surface area (Å²) in [4.78, 5) is 11.8. The Morgan fingerprint density at radius 1 is 1.19 bits per heavy atom. The van der Waals surface area contributed by atoms with Gasteiger partial charge in [-0.2, -0.15) is 0 Å². The van der Waals surface area contributed by atoms with Crippen LogP contribution >= 0.6 is 12.4 Å². The molecule has 0 aromatic heterocycles. The quantitative estimate of drug-likeness (QED) is 0.479. The van der Waals surface area contributed by atoms with Gasteiger partial charge in [-0.1, -0.05) is 38.1 Å². The Balaban J connectivity index is 0.00000625. The monoisotopic (exact) mass is 407 g/mol. The Morgan fingerprint density at radius 2 is 1.77 bits per heavy atom. The molecule has 1 amide bonds. The van der Waals surface area contributed by atoms with Gasteiger partial charge in [0.2, 0.25) is 15.9 Å². The van der Waals surface area contributed by atoms with Crippen LogP contribution in [0.1, 0.15) is 43.9 Å². The first-order valence-corrected chi connectivity index (χ1v) is 10.1. The first-order valence-electron chi connectivity index (χ1n) is 8.42. The zero-order valence-electron chi connectivity index (χ0n) is 15.5. The summed E-state index contributed by atoms with van der Waals surface area (Å²) in [5.74, 6) is -0.148. The van der Waals surface area contributed by atoms with E-state index in [4.69, 9.17) is 10.5 Å². The highest BCUT2D eigenvalue weighted by molar-refractivity contribution is 7.89. The van der Waals surface area contributed by atoms with Crippen LogP contribution in [0.25, 0.3) is 0 Å². The molecule has 0 bridgehead atoms. The molecule has 0 spiro atoms. The number of ether oxygens (including phenoxy) is 1. The Bertz CT molecular complexity index is 636. The molecular formula is C17H30ClN3O4S. The van der Waals surface area contributed by atoms with Crippen molar-refractivity contribution in [2.75, 3.05) is 32.1 Å². The van der Waals surface area contributed by atoms with E-state index in [0.717, 1.165) is 5.56 Å². The first kappa shape index (κ1) is 24.8. The third kappa shape index (κ3) is 9.49. The maximum atomic E-state index is 11.8. The number of carbonyl (C=O) groups is 1. The van der Waals surface area contributed by atoms with Crippen LogP contribution in [0, 0.1) is 0 Å². The fraction of sp³-hybridized carbons (Fsp3) is 0.588. The number of hydrogen-bond acceptors (Lipinski definition) is 5. The Hall–Kier alpha value is -1.19. The van der Waals surface area contributed by atoms with Crippen LogP contribution in [-0.2, 0) is 19.6 Å². The molecule has 0 fully saturated rings. The van der Waals surface area contributed by atoms with E-state index in [1.807, 2.05) is 24.3 Å². The molecule has 1 aromatic carbocycles. The number of carbonyl (C=O) groups excluding carboxylic acids is 1. The number of sulfonamides is 1. The van der Waals surface area contributed by atoms with Crippen molar-refractivity contribution in [3.63, 3.8) is 0 Å². The van der Waals surface area contributed by atoms with Crippen LogP contribution in [0.5, 0.6) is 0 Å². The van der Waals surface area contributed by atoms with Gasteiger partial charge in [0.1, 0.15) is 0 Å². The lowest BCUT2D eigenvalue weighted by Gasteiger charge is -2.15. The van der Waals surface area contributed by atoms with Gasteiger partial charge in [-0.15, -0.1) is 12.4 Å². The van der Waals surface area contributed by atoms with Crippen molar-refractivity contribution in [1.82, 2.24) is 10.0 Å². The van der Waals surface area contributed by atoms with Crippen LogP contribution in [0.3, 0.4) is 0 Å². The average Bonchev–Trinajstić information content (AvgIpc) is 2.58. The van der Waals surface area contributed by atoms with Gasteiger partial charge in [-0.05, 0) is 24.0 Å². The van der Waals surface area contributed by atoms with Crippen molar-refractivity contribution < 1.29 is 17.9 Å². The molecule has 0 radical (unpaired) electrons. The van der Waals surface area contributed by atoms with E-state index in [1.54, 1.807) is 6.92 Å². The number of halogens is 1. The number of amides is 1. The highest BCUT2D eigenvalue weighted by Crippen LogP contribution is 2.17. The zero-order chi connectivity index (χ0) is 18.9. The second-order valence-electron chi connectivity index (χ2n) is 6.07. The summed E-state index contributed by atoms with van der Waals surface area (Å²) < 4.78 is 30.6. The van der Waals surface area contributed by atoms with Gasteiger partial charge in [0.25, 0.3) is 0 Å². The van der Waals surface area contributed by atoms with Gasteiger partial charge >= 0.3 is 0 Å². The molecule has 1 aromatic rings. The van der Waals surface area contributed by atoms with Crippen molar-refractivity contribution in [2.24, 2.45) is 5.73 Å². The third-order valence-electron chi connectivity index (χ3n) is 3.70. The van der Waals surface area contributed by atoms with Gasteiger partial charge in [-0.3, -0.25) is 4.79 Å². The zero-order valence-corrected chi connectivity index (χ0v) is 17.2. The van der Waals surface area contributed by atoms with E-state index < -0.39 is 15.9 Å². The fourth-order valence-corrected chi connectivity index (χ4v) is 2.93. The summed E-state index contributed by atoms with van der Waals surface area (Å²) in [6.45, 7) is 6.49. The van der Waals surface area contributed by atoms with E-state index in [0.29, 0.717) is 12.5 Å². The molecule has 9 heteroatoms. The molecule has 1 unspecified atom stereocenters. The molecule has 0 saturated heterocycles. The molecule has 1 atom stereocenters. The molecule has 0 aliphatic rings. The minimum Gasteiger partial charge on any atom is -0.381 e. The normalized spacial score (nSPS) is 12.5. The predicted molar refractivity (Wildman–Crippen MR) is 106 cm³/mol. The van der Waals surface area contributed by atoms with Crippen molar-refractivity contribution in [3.8, 4) is 0 Å². The van der Waals surface area contributed by atoms with Crippen molar-refractivity contribution >= 4 is 28.3 Å². The standard InChI is InChI=1S/C17H29N3O4S.ClH/c1-4-24-9-10-25(22,23)20-12-17(21)19-11-16(18)15-7-5-14(6-8-15)13(2)3;/h5-8,13,16,20H,4,9-12,18H2,1-3H3,(H,19,21);1H. The van der Waals surface area contributed by atoms with Gasteiger partial charge in [-0.25, -0.2) is 13.1 Å². The molecule has 150 valence electrons. The number of rotatable bonds is 11. The second kappa shape index (κ2) is 12.2. The molecule has 0 aliphatic heterocycles. The van der Waals surface area contributed by atoms with Gasteiger partial charge in [0.15, 0.2) is 0 Å². The lowest BCUT2D eigenvalue weighted by Crippen LogP contribution is -2.40. The number of nitrogens with one attached hydrogen (secondary N) is 2. The van der Waals surface area contributed by atoms with Crippen LogP contribution in [-0.4, -0.2) is 46.4 Å². The Labute approximate surface area is 162 Å². The summed E-state index contributed by atoms with van der Waals surface area (Å²) in [6, 6.07) is 7.59. The minimum atomic E-state index is -3.52. The highest BCUT2D eigenvalue weighted by atomic mass is 35.5. The molecule has 26 heavy (non-hydrogen) atoms. The lowest BCUT2D eigenvalue weighted by atomic mass is 9.99. The molecule has 0 saturated carbocycles. The molecule has 4 N–H and O–H groups in total. The maximum Gasteiger partial charge on any atom is 0.235 e. The van der Waals surface area contributed by atoms with E-state index in [2.05, 4.69) is 23.9 Å². The van der Waals surface area contributed by atoms with E-state index in [-0.39, 0.29) is 43.9 Å². The molecule has 0 heterocycles. The topological polar surface area (TPSA) is 111 Å². The smallest absolute Gasteiger partial charge is 0.235 e. The van der Waals surface area contributed by atoms with E-state index in [9.17, 15) is 13.2 Å². The number of benzene rings is 1. The van der Waals surface area contributed by atoms with Crippen LogP contribution < -0.4 is 15.8 Å². The minimum absolute atomic E-state index is 0. The fourth-order valence-electron chi connectivity index (χ4n) is 2.09. The van der Waals surface area contributed by atoms with Crippen LogP contribution in [0.4, 0.5) is 0 Å². The average molecular weight is 408 g/mol. The third-order valence-corrected chi connectivity index (χ3v) is 4.99. The summed E-state index contributed by atoms with van der Waals surface area (Å²) in [6.07, 6.45) is 0. The summed E-state index contributed by atoms with van der Waals surface area (Å²) in [7, 11) is -3.52. The largest absolute Gasteiger partial charge is 0.381 e. The lowest BCUT2D eigenvalue weighted by molar-refractivity contribution is -0.120. The summed E-state index contributed by atoms with van der Waals surface area (Å²) in [5, 5.41) is 2.64. The van der Waals surface area contributed by atoms with Crippen molar-refractivity contribution in [1.29, 1.82) is 0 Å². The maximum absolute atomic E-state index is 11.8. The second-order valence-corrected chi connectivity index (χ2v) is 8.00. The highest BCUT2D eigenvalue weighted by Gasteiger charge is 2.13. The molecule has 0 aliphatic carbocycles. The number of nitrogens with two attached hydrogens (primary N) is 1. The van der Waals surface area contributed by atoms with Gasteiger partial charge < -0.3 is 15.8 Å². The van der Waals surface area contributed by atoms with Crippen molar-refractivity contribution in [2.45, 2.75) is 32.7 Å².